The fourth-order valence-electron chi connectivity index (χ4n) is 2.51. The number of likely N-dealkylation sites (N-methyl/N-ethyl adjacent to an activating group) is 1. The van der Waals surface area contributed by atoms with Gasteiger partial charge in [-0.1, -0.05) is 36.9 Å². The van der Waals surface area contributed by atoms with Crippen molar-refractivity contribution in [1.29, 1.82) is 0 Å². The van der Waals surface area contributed by atoms with Gasteiger partial charge in [-0.2, -0.15) is 13.2 Å². The highest BCUT2D eigenvalue weighted by Gasteiger charge is 2.33. The van der Waals surface area contributed by atoms with Gasteiger partial charge < -0.3 is 10.2 Å². The van der Waals surface area contributed by atoms with Crippen molar-refractivity contribution in [3.63, 3.8) is 0 Å². The Balaban J connectivity index is 1.96. The predicted octanol–water partition coefficient (Wildman–Crippen LogP) is 3.64. The third-order valence-corrected chi connectivity index (χ3v) is 4.95. The van der Waals surface area contributed by atoms with Crippen LogP contribution in [0.3, 0.4) is 0 Å². The molecule has 0 radical (unpaired) electrons. The van der Waals surface area contributed by atoms with Gasteiger partial charge in [-0.25, -0.2) is 9.97 Å². The Labute approximate surface area is 170 Å². The molecule has 0 aliphatic heterocycles. The van der Waals surface area contributed by atoms with Crippen LogP contribution in [0.25, 0.3) is 0 Å². The van der Waals surface area contributed by atoms with Gasteiger partial charge in [-0.15, -0.1) is 0 Å². The molecule has 156 valence electrons. The quantitative estimate of drug-likeness (QED) is 0.541. The summed E-state index contributed by atoms with van der Waals surface area (Å²) in [5, 5.41) is 1.85. The molecule has 0 bridgehead atoms. The number of aromatic nitrogens is 2. The number of benzene rings is 1. The first-order chi connectivity index (χ1) is 13.6. The topological polar surface area (TPSA) is 75.2 Å². The van der Waals surface area contributed by atoms with Crippen LogP contribution in [0, 0.1) is 0 Å². The fraction of sp³-hybridized carbons (Fsp3) is 0.368. The molecular weight excluding hydrogens is 405 g/mol. The SMILES string of the molecule is CCc1ccccc1NC(=O)CN(C)C(=O)C(C)Sc1nccc(C(F)(F)F)n1. The molecule has 0 aliphatic carbocycles. The van der Waals surface area contributed by atoms with Crippen molar-refractivity contribution < 1.29 is 22.8 Å². The lowest BCUT2D eigenvalue weighted by Gasteiger charge is -2.20. The molecule has 6 nitrogen and oxygen atoms in total. The Morgan fingerprint density at radius 3 is 2.59 bits per heavy atom. The number of hydrogen-bond donors (Lipinski definition) is 1. The molecule has 1 aromatic heterocycles. The van der Waals surface area contributed by atoms with E-state index in [9.17, 15) is 22.8 Å². The number of hydrogen-bond acceptors (Lipinski definition) is 5. The molecule has 2 rings (SSSR count). The number of amides is 2. The van der Waals surface area contributed by atoms with Gasteiger partial charge in [0.1, 0.15) is 5.69 Å². The molecule has 0 saturated carbocycles. The van der Waals surface area contributed by atoms with Gasteiger partial charge in [0.2, 0.25) is 11.8 Å². The first kappa shape index (κ1) is 22.7. The van der Waals surface area contributed by atoms with Crippen LogP contribution in [0.15, 0.2) is 41.7 Å². The molecule has 1 heterocycles. The average Bonchev–Trinajstić information content (AvgIpc) is 2.67. The second-order valence-electron chi connectivity index (χ2n) is 6.24. The highest BCUT2D eigenvalue weighted by molar-refractivity contribution is 8.00. The highest BCUT2D eigenvalue weighted by atomic mass is 32.2. The van der Waals surface area contributed by atoms with Crippen molar-refractivity contribution in [2.45, 2.75) is 36.9 Å². The van der Waals surface area contributed by atoms with Crippen LogP contribution < -0.4 is 5.32 Å². The highest BCUT2D eigenvalue weighted by Crippen LogP contribution is 2.29. The second-order valence-corrected chi connectivity index (χ2v) is 7.54. The smallest absolute Gasteiger partial charge is 0.335 e. The summed E-state index contributed by atoms with van der Waals surface area (Å²) in [7, 11) is 1.46. The molecule has 1 N–H and O–H groups in total. The number of thioether (sulfide) groups is 1. The molecule has 0 aliphatic rings. The molecule has 1 atom stereocenters. The Morgan fingerprint density at radius 1 is 1.24 bits per heavy atom. The van der Waals surface area contributed by atoms with Gasteiger partial charge in [0.15, 0.2) is 5.16 Å². The van der Waals surface area contributed by atoms with E-state index < -0.39 is 23.0 Å². The van der Waals surface area contributed by atoms with Crippen LogP contribution in [0.4, 0.5) is 18.9 Å². The number of para-hydroxylation sites is 1. The largest absolute Gasteiger partial charge is 0.433 e. The second kappa shape index (κ2) is 9.73. The zero-order valence-electron chi connectivity index (χ0n) is 16.2. The number of nitrogens with zero attached hydrogens (tertiary/aromatic N) is 3. The van der Waals surface area contributed by atoms with Gasteiger partial charge in [-0.05, 0) is 31.0 Å². The Morgan fingerprint density at radius 2 is 1.93 bits per heavy atom. The standard InChI is InChI=1S/C19H21F3N4O2S/c1-4-13-7-5-6-8-14(13)24-16(27)11-26(3)17(28)12(2)29-18-23-10-9-15(25-18)19(20,21)22/h5-10,12H,4,11H2,1-3H3,(H,24,27). The number of halogens is 3. The summed E-state index contributed by atoms with van der Waals surface area (Å²) < 4.78 is 38.2. The Bertz CT molecular complexity index is 877. The molecule has 0 saturated heterocycles. The molecule has 29 heavy (non-hydrogen) atoms. The summed E-state index contributed by atoms with van der Waals surface area (Å²) in [5.74, 6) is -0.788. The number of nitrogens with one attached hydrogen (secondary N) is 1. The van der Waals surface area contributed by atoms with E-state index in [1.165, 1.54) is 18.9 Å². The average molecular weight is 426 g/mol. The molecule has 0 spiro atoms. The van der Waals surface area contributed by atoms with Gasteiger partial charge >= 0.3 is 6.18 Å². The minimum Gasteiger partial charge on any atom is -0.335 e. The van der Waals surface area contributed by atoms with Gasteiger partial charge in [0.05, 0.1) is 11.8 Å². The lowest BCUT2D eigenvalue weighted by atomic mass is 10.1. The Kier molecular flexibility index (Phi) is 7.60. The van der Waals surface area contributed by atoms with Crippen LogP contribution >= 0.6 is 11.8 Å². The summed E-state index contributed by atoms with van der Waals surface area (Å²) in [4.78, 5) is 33.2. The fourth-order valence-corrected chi connectivity index (χ4v) is 3.38. The number of anilines is 1. The minimum atomic E-state index is -4.59. The molecule has 1 unspecified atom stereocenters. The summed E-state index contributed by atoms with van der Waals surface area (Å²) >= 11 is 0.802. The first-order valence-corrected chi connectivity index (χ1v) is 9.69. The van der Waals surface area contributed by atoms with Crippen molar-refractivity contribution in [3.8, 4) is 0 Å². The van der Waals surface area contributed by atoms with Gasteiger partial charge in [0, 0.05) is 18.9 Å². The van der Waals surface area contributed by atoms with E-state index in [2.05, 4.69) is 15.3 Å². The van der Waals surface area contributed by atoms with Crippen molar-refractivity contribution >= 4 is 29.3 Å². The van der Waals surface area contributed by atoms with Crippen molar-refractivity contribution in [2.24, 2.45) is 0 Å². The summed E-state index contributed by atoms with van der Waals surface area (Å²) in [6, 6.07) is 8.12. The van der Waals surface area contributed by atoms with Crippen LogP contribution in [-0.2, 0) is 22.2 Å². The lowest BCUT2D eigenvalue weighted by molar-refractivity contribution is -0.141. The van der Waals surface area contributed by atoms with Crippen LogP contribution in [-0.4, -0.2) is 45.5 Å². The molecule has 0 fully saturated rings. The van der Waals surface area contributed by atoms with E-state index >= 15 is 0 Å². The molecule has 2 amide bonds. The zero-order chi connectivity index (χ0) is 21.6. The summed E-state index contributed by atoms with van der Waals surface area (Å²) in [6.45, 7) is 3.30. The van der Waals surface area contributed by atoms with Crippen LogP contribution in [0.5, 0.6) is 0 Å². The van der Waals surface area contributed by atoms with Crippen LogP contribution in [0.1, 0.15) is 25.1 Å². The maximum atomic E-state index is 12.7. The number of alkyl halides is 3. The maximum Gasteiger partial charge on any atom is 0.433 e. The van der Waals surface area contributed by atoms with Gasteiger partial charge in [0.25, 0.3) is 0 Å². The lowest BCUT2D eigenvalue weighted by Crippen LogP contribution is -2.39. The minimum absolute atomic E-state index is 0.157. The monoisotopic (exact) mass is 426 g/mol. The number of carbonyl (C=O) groups is 2. The third-order valence-electron chi connectivity index (χ3n) is 3.98. The molecular formula is C19H21F3N4O2S. The van der Waals surface area contributed by atoms with E-state index in [1.807, 2.05) is 19.1 Å². The number of carbonyl (C=O) groups excluding carboxylic acids is 2. The van der Waals surface area contributed by atoms with Crippen LogP contribution in [0.2, 0.25) is 0 Å². The normalized spacial score (nSPS) is 12.3. The van der Waals surface area contributed by atoms with E-state index in [0.717, 1.165) is 36.0 Å². The van der Waals surface area contributed by atoms with Crippen molar-refractivity contribution in [2.75, 3.05) is 18.9 Å². The molecule has 2 aromatic rings. The zero-order valence-corrected chi connectivity index (χ0v) is 17.0. The van der Waals surface area contributed by atoms with Crippen molar-refractivity contribution in [1.82, 2.24) is 14.9 Å². The van der Waals surface area contributed by atoms with Gasteiger partial charge in [-0.3, -0.25) is 9.59 Å². The van der Waals surface area contributed by atoms with E-state index in [0.29, 0.717) is 5.69 Å². The summed E-state index contributed by atoms with van der Waals surface area (Å²) in [6.07, 6.45) is -2.84. The van der Waals surface area contributed by atoms with E-state index in [1.54, 1.807) is 12.1 Å². The third kappa shape index (κ3) is 6.45. The molecule has 1 aromatic carbocycles. The number of rotatable bonds is 7. The van der Waals surface area contributed by atoms with E-state index in [4.69, 9.17) is 0 Å². The Hall–Kier alpha value is -2.62. The first-order valence-electron chi connectivity index (χ1n) is 8.81. The van der Waals surface area contributed by atoms with E-state index in [-0.39, 0.29) is 17.6 Å². The summed E-state index contributed by atoms with van der Waals surface area (Å²) in [5.41, 5.74) is 0.582. The maximum absolute atomic E-state index is 12.7. The van der Waals surface area contributed by atoms with Crippen molar-refractivity contribution in [3.05, 3.63) is 47.8 Å². The number of aryl methyl sites for hydroxylation is 1. The molecule has 10 heteroatoms. The predicted molar refractivity (Wildman–Crippen MR) is 104 cm³/mol.